The van der Waals surface area contributed by atoms with Gasteiger partial charge in [0.2, 0.25) is 0 Å². The molecule has 0 atom stereocenters. The molecule has 6 nitrogen and oxygen atoms in total. The molecular formula is C40H38N4O2. The molecule has 2 aliphatic heterocycles. The molecule has 0 unspecified atom stereocenters. The lowest BCUT2D eigenvalue weighted by molar-refractivity contribution is 0.311. The van der Waals surface area contributed by atoms with Crippen molar-refractivity contribution >= 4 is 46.4 Å². The van der Waals surface area contributed by atoms with Crippen molar-refractivity contribution in [2.75, 3.05) is 13.2 Å². The van der Waals surface area contributed by atoms with Crippen LogP contribution in [0.5, 0.6) is 11.5 Å². The average Bonchev–Trinajstić information content (AvgIpc) is 3.92. The first-order valence-electron chi connectivity index (χ1n) is 16.3. The van der Waals surface area contributed by atoms with Gasteiger partial charge in [-0.3, -0.25) is 0 Å². The third kappa shape index (κ3) is 5.86. The summed E-state index contributed by atoms with van der Waals surface area (Å²) < 4.78 is 13.0. The Morgan fingerprint density at radius 2 is 0.870 bits per heavy atom. The number of hydrogen-bond acceptors (Lipinski definition) is 4. The van der Waals surface area contributed by atoms with Crippen LogP contribution in [0.1, 0.15) is 62.3 Å². The van der Waals surface area contributed by atoms with Crippen LogP contribution >= 0.6 is 0 Å². The Balaban J connectivity index is 1.60. The average molecular weight is 607 g/mol. The summed E-state index contributed by atoms with van der Waals surface area (Å²) in [5.74, 6) is 1.47. The summed E-state index contributed by atoms with van der Waals surface area (Å²) in [6.07, 6.45) is 12.3. The van der Waals surface area contributed by atoms with E-state index in [0.717, 1.165) is 104 Å². The van der Waals surface area contributed by atoms with Gasteiger partial charge in [0.1, 0.15) is 11.4 Å². The van der Waals surface area contributed by atoms with E-state index in [4.69, 9.17) is 19.4 Å². The number of fused-ring (bicyclic) bond motifs is 8. The van der Waals surface area contributed by atoms with E-state index >= 15 is 0 Å². The van der Waals surface area contributed by atoms with Crippen LogP contribution in [0, 0.1) is 0 Å². The summed E-state index contributed by atoms with van der Waals surface area (Å²) in [7, 11) is 0. The topological polar surface area (TPSA) is 75.8 Å². The van der Waals surface area contributed by atoms with Crippen molar-refractivity contribution < 1.29 is 9.47 Å². The van der Waals surface area contributed by atoms with Gasteiger partial charge in [-0.05, 0) is 72.5 Å². The molecule has 3 aromatic heterocycles. The lowest BCUT2D eigenvalue weighted by atomic mass is 10.0. The van der Waals surface area contributed by atoms with Crippen LogP contribution in [0.2, 0.25) is 0 Å². The molecule has 0 fully saturated rings. The number of ether oxygens (including phenoxy) is 2. The largest absolute Gasteiger partial charge is 0.489 e. The molecule has 0 saturated carbocycles. The second kappa shape index (κ2) is 13.3. The fourth-order valence-electron chi connectivity index (χ4n) is 5.91. The summed E-state index contributed by atoms with van der Waals surface area (Å²) in [5, 5.41) is 0. The first-order valence-corrected chi connectivity index (χ1v) is 16.3. The maximum absolute atomic E-state index is 6.48. The van der Waals surface area contributed by atoms with Crippen molar-refractivity contribution in [3.05, 3.63) is 108 Å². The summed E-state index contributed by atoms with van der Waals surface area (Å²) >= 11 is 0. The second-order valence-electron chi connectivity index (χ2n) is 11.5. The Kier molecular flexibility index (Phi) is 8.51. The molecule has 2 aromatic carbocycles. The summed E-state index contributed by atoms with van der Waals surface area (Å²) in [4.78, 5) is 17.8. The number of benzene rings is 2. The number of aromatic amines is 2. The number of nitrogens with zero attached hydrogens (tertiary/aromatic N) is 2. The zero-order valence-electron chi connectivity index (χ0n) is 26.3. The minimum absolute atomic E-state index is 0.608. The SMILES string of the molecule is CCCCOc1c2nc(c(-c3ccccc3)c3ccc([nH]3)c(OCCCC)c3nc(c(-c4ccccc4)c4ccc1[nH]4)C=C3)C=C2. The van der Waals surface area contributed by atoms with Gasteiger partial charge in [-0.25, -0.2) is 9.97 Å². The highest BCUT2D eigenvalue weighted by Gasteiger charge is 2.18. The van der Waals surface area contributed by atoms with Gasteiger partial charge in [-0.15, -0.1) is 0 Å². The normalized spacial score (nSPS) is 12.0. The van der Waals surface area contributed by atoms with Gasteiger partial charge in [0.15, 0.2) is 11.5 Å². The zero-order valence-corrected chi connectivity index (χ0v) is 26.3. The van der Waals surface area contributed by atoms with Gasteiger partial charge in [0.25, 0.3) is 0 Å². The van der Waals surface area contributed by atoms with Crippen molar-refractivity contribution in [2.24, 2.45) is 0 Å². The van der Waals surface area contributed by atoms with Crippen LogP contribution < -0.4 is 9.47 Å². The molecule has 230 valence electrons. The summed E-state index contributed by atoms with van der Waals surface area (Å²) in [6.45, 7) is 5.56. The molecule has 0 spiro atoms. The highest BCUT2D eigenvalue weighted by atomic mass is 16.5. The predicted octanol–water partition coefficient (Wildman–Crippen LogP) is 10.3. The molecule has 7 rings (SSSR count). The number of unbranched alkanes of at least 4 members (excludes halogenated alkanes) is 2. The molecule has 0 amide bonds. The van der Waals surface area contributed by atoms with Crippen molar-refractivity contribution in [3.8, 4) is 33.8 Å². The Bertz CT molecular complexity index is 1920. The molecule has 2 aliphatic rings. The summed E-state index contributed by atoms with van der Waals surface area (Å²) in [6, 6.07) is 29.2. The lowest BCUT2D eigenvalue weighted by Gasteiger charge is -2.08. The van der Waals surface area contributed by atoms with E-state index in [9.17, 15) is 0 Å². The molecule has 2 N–H and O–H groups in total. The molecule has 6 heteroatoms. The van der Waals surface area contributed by atoms with Crippen LogP contribution in [-0.4, -0.2) is 33.1 Å². The Labute approximate surface area is 269 Å². The third-order valence-electron chi connectivity index (χ3n) is 8.27. The monoisotopic (exact) mass is 606 g/mol. The number of nitrogens with one attached hydrogen (secondary N) is 2. The highest BCUT2D eigenvalue weighted by Crippen LogP contribution is 2.37. The predicted molar refractivity (Wildman–Crippen MR) is 191 cm³/mol. The second-order valence-corrected chi connectivity index (χ2v) is 11.5. The van der Waals surface area contributed by atoms with Gasteiger partial charge in [0, 0.05) is 22.2 Å². The van der Waals surface area contributed by atoms with E-state index in [-0.39, 0.29) is 0 Å². The maximum Gasteiger partial charge on any atom is 0.168 e. The molecular weight excluding hydrogens is 568 g/mol. The highest BCUT2D eigenvalue weighted by molar-refractivity contribution is 5.95. The van der Waals surface area contributed by atoms with Crippen molar-refractivity contribution in [1.29, 1.82) is 0 Å². The lowest BCUT2D eigenvalue weighted by Crippen LogP contribution is -1.99. The molecule has 8 bridgehead atoms. The Morgan fingerprint density at radius 3 is 1.28 bits per heavy atom. The van der Waals surface area contributed by atoms with Crippen molar-refractivity contribution in [2.45, 2.75) is 39.5 Å². The minimum Gasteiger partial charge on any atom is -0.489 e. The fraction of sp³-hybridized carbons (Fsp3) is 0.200. The number of H-pyrrole nitrogens is 2. The van der Waals surface area contributed by atoms with E-state index in [2.05, 4.69) is 121 Å². The molecule has 5 aromatic rings. The van der Waals surface area contributed by atoms with Crippen LogP contribution in [0.3, 0.4) is 0 Å². The van der Waals surface area contributed by atoms with Gasteiger partial charge < -0.3 is 19.4 Å². The number of rotatable bonds is 10. The quantitative estimate of drug-likeness (QED) is 0.152. The summed E-state index contributed by atoms with van der Waals surface area (Å²) in [5.41, 5.74) is 11.1. The molecule has 0 aliphatic carbocycles. The Hall–Kier alpha value is -5.36. The molecule has 0 radical (unpaired) electrons. The van der Waals surface area contributed by atoms with Crippen LogP contribution in [0.25, 0.3) is 68.6 Å². The van der Waals surface area contributed by atoms with Crippen LogP contribution in [0.4, 0.5) is 0 Å². The zero-order chi connectivity index (χ0) is 31.3. The van der Waals surface area contributed by atoms with Crippen LogP contribution in [0.15, 0.2) is 84.9 Å². The number of hydrogen-bond donors (Lipinski definition) is 2. The molecule has 46 heavy (non-hydrogen) atoms. The minimum atomic E-state index is 0.608. The molecule has 0 saturated heterocycles. The molecule has 5 heterocycles. The van der Waals surface area contributed by atoms with Crippen LogP contribution in [-0.2, 0) is 0 Å². The third-order valence-corrected chi connectivity index (χ3v) is 8.27. The first-order chi connectivity index (χ1) is 22.7. The number of aromatic nitrogens is 4. The van der Waals surface area contributed by atoms with E-state index in [0.29, 0.717) is 13.2 Å². The first kappa shape index (κ1) is 29.4. The smallest absolute Gasteiger partial charge is 0.168 e. The van der Waals surface area contributed by atoms with Gasteiger partial charge in [0.05, 0.1) is 35.6 Å². The van der Waals surface area contributed by atoms with E-state index < -0.39 is 0 Å². The fourth-order valence-corrected chi connectivity index (χ4v) is 5.91. The van der Waals surface area contributed by atoms with Gasteiger partial charge in [-0.2, -0.15) is 0 Å². The Morgan fingerprint density at radius 1 is 0.478 bits per heavy atom. The van der Waals surface area contributed by atoms with Crippen molar-refractivity contribution in [3.63, 3.8) is 0 Å². The van der Waals surface area contributed by atoms with Gasteiger partial charge >= 0.3 is 0 Å². The van der Waals surface area contributed by atoms with E-state index in [1.165, 1.54) is 0 Å². The van der Waals surface area contributed by atoms with E-state index in [1.54, 1.807) is 0 Å². The maximum atomic E-state index is 6.48. The van der Waals surface area contributed by atoms with Gasteiger partial charge in [-0.1, -0.05) is 87.4 Å². The standard InChI is InChI=1S/C40H38N4O2/c1-3-5-25-45-39-33-21-17-29(41-33)37(27-13-9-7-10-14-27)31-19-23-35(43-31)40(46-26-6-4-2)36-24-20-32(44-36)38(28-15-11-8-12-16-28)30-18-22-34(39)42-30/h7-24,41,44H,3-6,25-26H2,1-2H3. The van der Waals surface area contributed by atoms with E-state index in [1.807, 2.05) is 12.1 Å². The van der Waals surface area contributed by atoms with Crippen molar-refractivity contribution in [1.82, 2.24) is 19.9 Å².